The second-order valence-electron chi connectivity index (χ2n) is 9.20. The fourth-order valence-electron chi connectivity index (χ4n) is 4.67. The highest BCUT2D eigenvalue weighted by molar-refractivity contribution is 7.22. The fourth-order valence-corrected chi connectivity index (χ4v) is 5.76. The van der Waals surface area contributed by atoms with E-state index in [0.29, 0.717) is 28.6 Å². The van der Waals surface area contributed by atoms with Crippen LogP contribution >= 0.6 is 11.3 Å². The molecule has 3 aromatic carbocycles. The van der Waals surface area contributed by atoms with Crippen LogP contribution in [0, 0.1) is 6.92 Å². The van der Waals surface area contributed by atoms with E-state index < -0.39 is 23.5 Å². The number of ether oxygens (including phenoxy) is 1. The van der Waals surface area contributed by atoms with E-state index in [2.05, 4.69) is 4.98 Å². The maximum atomic E-state index is 13.8. The van der Waals surface area contributed by atoms with E-state index in [1.165, 1.54) is 16.2 Å². The second-order valence-corrected chi connectivity index (χ2v) is 10.2. The summed E-state index contributed by atoms with van der Waals surface area (Å²) in [6.07, 6.45) is 0.872. The van der Waals surface area contributed by atoms with Crippen molar-refractivity contribution in [1.29, 1.82) is 0 Å². The van der Waals surface area contributed by atoms with E-state index in [4.69, 9.17) is 9.15 Å². The first-order chi connectivity index (χ1) is 18.4. The number of thiazole rings is 1. The molecule has 1 aliphatic heterocycles. The van der Waals surface area contributed by atoms with Crippen LogP contribution in [0.5, 0.6) is 5.75 Å². The van der Waals surface area contributed by atoms with Crippen LogP contribution in [0.1, 0.15) is 41.1 Å². The molecule has 0 aliphatic carbocycles. The van der Waals surface area contributed by atoms with Crippen LogP contribution in [0.2, 0.25) is 0 Å². The molecule has 190 valence electrons. The van der Waals surface area contributed by atoms with Gasteiger partial charge < -0.3 is 14.3 Å². The summed E-state index contributed by atoms with van der Waals surface area (Å²) in [7, 11) is 0. The van der Waals surface area contributed by atoms with E-state index in [1.54, 1.807) is 36.4 Å². The van der Waals surface area contributed by atoms with Crippen molar-refractivity contribution in [3.8, 4) is 5.75 Å². The van der Waals surface area contributed by atoms with Gasteiger partial charge in [0.15, 0.2) is 16.7 Å². The summed E-state index contributed by atoms with van der Waals surface area (Å²) in [5.74, 6) is -1.11. The van der Waals surface area contributed by atoms with Gasteiger partial charge in [-0.25, -0.2) is 4.98 Å². The van der Waals surface area contributed by atoms with Gasteiger partial charge >= 0.3 is 0 Å². The van der Waals surface area contributed by atoms with Crippen molar-refractivity contribution in [1.82, 2.24) is 4.98 Å². The van der Waals surface area contributed by atoms with E-state index in [1.807, 2.05) is 50.2 Å². The van der Waals surface area contributed by atoms with E-state index in [0.717, 1.165) is 27.6 Å². The van der Waals surface area contributed by atoms with Crippen LogP contribution in [-0.4, -0.2) is 28.4 Å². The number of rotatable bonds is 7. The number of aromatic nitrogens is 1. The zero-order chi connectivity index (χ0) is 26.4. The largest absolute Gasteiger partial charge is 0.503 e. The summed E-state index contributed by atoms with van der Waals surface area (Å²) < 4.78 is 12.4. The number of para-hydroxylation sites is 1. The van der Waals surface area contributed by atoms with Gasteiger partial charge in [0.1, 0.15) is 11.3 Å². The van der Waals surface area contributed by atoms with Gasteiger partial charge in [0.25, 0.3) is 5.91 Å². The number of benzene rings is 3. The topological polar surface area (TPSA) is 92.9 Å². The van der Waals surface area contributed by atoms with Crippen molar-refractivity contribution in [2.45, 2.75) is 26.3 Å². The monoisotopic (exact) mass is 524 g/mol. The van der Waals surface area contributed by atoms with Gasteiger partial charge in [-0.15, -0.1) is 0 Å². The molecule has 7 nitrogen and oxygen atoms in total. The quantitative estimate of drug-likeness (QED) is 0.232. The molecule has 0 saturated heterocycles. The lowest BCUT2D eigenvalue weighted by molar-refractivity contribution is -0.117. The summed E-state index contributed by atoms with van der Waals surface area (Å²) in [6.45, 7) is 4.59. The molecule has 0 saturated carbocycles. The zero-order valence-corrected chi connectivity index (χ0v) is 21.6. The highest BCUT2D eigenvalue weighted by Gasteiger charge is 2.46. The number of hydrogen-bond acceptors (Lipinski definition) is 7. The van der Waals surface area contributed by atoms with Crippen molar-refractivity contribution in [3.05, 3.63) is 101 Å². The Bertz CT molecular complexity index is 1700. The average molecular weight is 525 g/mol. The molecule has 38 heavy (non-hydrogen) atoms. The highest BCUT2D eigenvalue weighted by Crippen LogP contribution is 2.44. The highest BCUT2D eigenvalue weighted by atomic mass is 32.1. The fraction of sp³-hybridized carbons (Fsp3) is 0.167. The summed E-state index contributed by atoms with van der Waals surface area (Å²) >= 11 is 1.34. The third-order valence-corrected chi connectivity index (χ3v) is 7.53. The number of carbonyl (C=O) groups is 2. The summed E-state index contributed by atoms with van der Waals surface area (Å²) in [4.78, 5) is 33.4. The van der Waals surface area contributed by atoms with Gasteiger partial charge in [-0.3, -0.25) is 14.5 Å². The number of hydrogen-bond donors (Lipinski definition) is 1. The predicted octanol–water partition coefficient (Wildman–Crippen LogP) is 6.92. The molecule has 2 aromatic heterocycles. The molecule has 1 N–H and O–H groups in total. The Morgan fingerprint density at radius 2 is 1.89 bits per heavy atom. The molecule has 6 rings (SSSR count). The third-order valence-electron chi connectivity index (χ3n) is 6.51. The van der Waals surface area contributed by atoms with Crippen LogP contribution in [-0.2, 0) is 4.79 Å². The molecule has 1 atom stereocenters. The number of nitrogens with zero attached hydrogens (tertiary/aromatic N) is 2. The number of ketones is 1. The maximum Gasteiger partial charge on any atom is 0.296 e. The van der Waals surface area contributed by atoms with Gasteiger partial charge in [0.2, 0.25) is 5.78 Å². The van der Waals surface area contributed by atoms with Crippen molar-refractivity contribution in [2.75, 3.05) is 11.5 Å². The molecule has 0 radical (unpaired) electrons. The Labute approximate surface area is 222 Å². The van der Waals surface area contributed by atoms with E-state index in [-0.39, 0.29) is 11.3 Å². The lowest BCUT2D eigenvalue weighted by atomic mass is 9.95. The Kier molecular flexibility index (Phi) is 5.96. The molecule has 1 aliphatic rings. The minimum atomic E-state index is -0.898. The van der Waals surface area contributed by atoms with Crippen molar-refractivity contribution < 1.29 is 23.8 Å². The summed E-state index contributed by atoms with van der Waals surface area (Å²) in [6, 6.07) is 21.1. The summed E-state index contributed by atoms with van der Waals surface area (Å²) in [5.41, 5.74) is 2.95. The van der Waals surface area contributed by atoms with Crippen molar-refractivity contribution >= 4 is 49.3 Å². The van der Waals surface area contributed by atoms with Crippen molar-refractivity contribution in [3.63, 3.8) is 0 Å². The van der Waals surface area contributed by atoms with Crippen LogP contribution in [0.4, 0.5) is 5.13 Å². The standard InChI is InChI=1S/C30H24N2O5S/c1-3-14-36-20-11-9-18(10-12-20)26-25(27(33)23-16-19-6-4-5-7-22(19)37-23)28(34)29(35)32(26)30-31-21-13-8-17(2)15-24(21)38-30/h4-13,15-16,26,34H,3,14H2,1-2H3. The molecule has 0 fully saturated rings. The van der Waals surface area contributed by atoms with Gasteiger partial charge in [0, 0.05) is 5.39 Å². The lowest BCUT2D eigenvalue weighted by Crippen LogP contribution is -2.30. The smallest absolute Gasteiger partial charge is 0.296 e. The van der Waals surface area contributed by atoms with Crippen molar-refractivity contribution in [2.24, 2.45) is 0 Å². The maximum absolute atomic E-state index is 13.8. The number of aliphatic hydroxyl groups is 1. The predicted molar refractivity (Wildman–Crippen MR) is 147 cm³/mol. The first-order valence-electron chi connectivity index (χ1n) is 12.3. The van der Waals surface area contributed by atoms with E-state index in [9.17, 15) is 14.7 Å². The number of furan rings is 1. The van der Waals surface area contributed by atoms with Gasteiger partial charge in [-0.05, 0) is 60.9 Å². The van der Waals surface area contributed by atoms with E-state index >= 15 is 0 Å². The lowest BCUT2D eigenvalue weighted by Gasteiger charge is -2.24. The van der Waals surface area contributed by atoms with Crippen LogP contribution in [0.3, 0.4) is 0 Å². The number of anilines is 1. The van der Waals surface area contributed by atoms with Crippen LogP contribution in [0.25, 0.3) is 21.2 Å². The first kappa shape index (κ1) is 23.9. The Balaban J connectivity index is 1.47. The molecule has 0 bridgehead atoms. The normalized spacial score (nSPS) is 15.7. The molecule has 5 aromatic rings. The third kappa shape index (κ3) is 4.03. The number of carbonyl (C=O) groups excluding carboxylic acids is 2. The number of aryl methyl sites for hydroxylation is 1. The Hall–Kier alpha value is -4.43. The summed E-state index contributed by atoms with van der Waals surface area (Å²) in [5, 5.41) is 12.2. The second kappa shape index (κ2) is 9.46. The van der Waals surface area contributed by atoms with Crippen LogP contribution in [0.15, 0.2) is 88.5 Å². The molecular formula is C30H24N2O5S. The Morgan fingerprint density at radius 1 is 1.11 bits per heavy atom. The van der Waals surface area contributed by atoms with Gasteiger partial charge in [-0.1, -0.05) is 54.7 Å². The molecular weight excluding hydrogens is 500 g/mol. The number of fused-ring (bicyclic) bond motifs is 2. The molecule has 1 amide bonds. The minimum Gasteiger partial charge on any atom is -0.503 e. The first-order valence-corrected chi connectivity index (χ1v) is 13.2. The molecule has 8 heteroatoms. The Morgan fingerprint density at radius 3 is 2.66 bits per heavy atom. The average Bonchev–Trinajstić information content (AvgIpc) is 3.61. The number of Topliss-reactive ketones (excluding diaryl/α,β-unsaturated/α-hetero) is 1. The molecule has 0 spiro atoms. The SMILES string of the molecule is CCCOc1ccc(C2C(C(=O)c3cc4ccccc4o3)=C(O)C(=O)N2c2nc3ccc(C)cc3s2)cc1. The zero-order valence-electron chi connectivity index (χ0n) is 20.8. The molecule has 1 unspecified atom stereocenters. The van der Waals surface area contributed by atoms with Gasteiger partial charge in [0.05, 0.1) is 28.4 Å². The number of aliphatic hydroxyl groups excluding tert-OH is 1. The molecule has 3 heterocycles. The number of amides is 1. The van der Waals surface area contributed by atoms with Crippen LogP contribution < -0.4 is 9.64 Å². The minimum absolute atomic E-state index is 0.0493. The van der Waals surface area contributed by atoms with Gasteiger partial charge in [-0.2, -0.15) is 0 Å².